The molecular weight excluding hydrogens is 194 g/mol. The maximum atomic E-state index is 12.0. The SMILES string of the molecule is CC(C)CCS(=O)C1CCCC1CN. The van der Waals surface area contributed by atoms with Gasteiger partial charge in [0.25, 0.3) is 0 Å². The summed E-state index contributed by atoms with van der Waals surface area (Å²) in [5.74, 6) is 2.07. The van der Waals surface area contributed by atoms with Crippen molar-refractivity contribution in [1.29, 1.82) is 0 Å². The molecule has 0 radical (unpaired) electrons. The van der Waals surface area contributed by atoms with Crippen molar-refractivity contribution >= 4 is 10.8 Å². The van der Waals surface area contributed by atoms with Crippen molar-refractivity contribution in [1.82, 2.24) is 0 Å². The van der Waals surface area contributed by atoms with Crippen LogP contribution in [0.5, 0.6) is 0 Å². The molecule has 2 N–H and O–H groups in total. The second kappa shape index (κ2) is 5.86. The molecule has 1 fully saturated rings. The molecule has 1 saturated carbocycles. The molecule has 0 aromatic carbocycles. The molecule has 0 saturated heterocycles. The summed E-state index contributed by atoms with van der Waals surface area (Å²) in [6.07, 6.45) is 4.63. The van der Waals surface area contributed by atoms with Crippen molar-refractivity contribution in [3.05, 3.63) is 0 Å². The average molecular weight is 217 g/mol. The Labute approximate surface area is 90.1 Å². The van der Waals surface area contributed by atoms with Crippen LogP contribution >= 0.6 is 0 Å². The second-order valence-electron chi connectivity index (χ2n) is 4.73. The zero-order chi connectivity index (χ0) is 10.6. The molecular formula is C11H23NOS. The van der Waals surface area contributed by atoms with Crippen molar-refractivity contribution in [3.8, 4) is 0 Å². The Bertz CT molecular complexity index is 194. The maximum absolute atomic E-state index is 12.0. The van der Waals surface area contributed by atoms with Gasteiger partial charge < -0.3 is 5.73 Å². The smallest absolute Gasteiger partial charge is 0.0388 e. The van der Waals surface area contributed by atoms with Gasteiger partial charge in [-0.05, 0) is 37.6 Å². The lowest BCUT2D eigenvalue weighted by molar-refractivity contribution is 0.552. The zero-order valence-electron chi connectivity index (χ0n) is 9.37. The van der Waals surface area contributed by atoms with Crippen LogP contribution in [0.3, 0.4) is 0 Å². The Morgan fingerprint density at radius 2 is 2.14 bits per heavy atom. The molecule has 2 nitrogen and oxygen atoms in total. The number of hydrogen-bond donors (Lipinski definition) is 1. The summed E-state index contributed by atoms with van der Waals surface area (Å²) >= 11 is 0. The van der Waals surface area contributed by atoms with Gasteiger partial charge in [-0.25, -0.2) is 0 Å². The zero-order valence-corrected chi connectivity index (χ0v) is 10.2. The first-order valence-electron chi connectivity index (χ1n) is 5.72. The summed E-state index contributed by atoms with van der Waals surface area (Å²) in [5.41, 5.74) is 5.68. The summed E-state index contributed by atoms with van der Waals surface area (Å²) in [7, 11) is -0.626. The molecule has 3 heteroatoms. The van der Waals surface area contributed by atoms with Gasteiger partial charge in [-0.3, -0.25) is 4.21 Å². The molecule has 0 spiro atoms. The second-order valence-corrected chi connectivity index (χ2v) is 6.51. The Kier molecular flexibility index (Phi) is 5.10. The third-order valence-electron chi connectivity index (χ3n) is 3.13. The summed E-state index contributed by atoms with van der Waals surface area (Å²) < 4.78 is 12.0. The highest BCUT2D eigenvalue weighted by molar-refractivity contribution is 7.85. The third kappa shape index (κ3) is 3.35. The van der Waals surface area contributed by atoms with E-state index < -0.39 is 10.8 Å². The van der Waals surface area contributed by atoms with Crippen LogP contribution in [0.1, 0.15) is 39.5 Å². The van der Waals surface area contributed by atoms with E-state index in [1.807, 2.05) is 0 Å². The molecule has 84 valence electrons. The molecule has 0 heterocycles. The molecule has 1 rings (SSSR count). The Balaban J connectivity index is 2.35. The topological polar surface area (TPSA) is 43.1 Å². The van der Waals surface area contributed by atoms with Crippen LogP contribution in [-0.4, -0.2) is 21.8 Å². The van der Waals surface area contributed by atoms with Gasteiger partial charge in [-0.2, -0.15) is 0 Å². The molecule has 3 unspecified atom stereocenters. The van der Waals surface area contributed by atoms with Crippen LogP contribution in [0.25, 0.3) is 0 Å². The van der Waals surface area contributed by atoms with Gasteiger partial charge in [0, 0.05) is 21.8 Å². The molecule has 3 atom stereocenters. The van der Waals surface area contributed by atoms with Crippen LogP contribution in [0, 0.1) is 11.8 Å². The predicted molar refractivity (Wildman–Crippen MR) is 62.6 cm³/mol. The first kappa shape index (κ1) is 12.2. The Morgan fingerprint density at radius 3 is 2.71 bits per heavy atom. The van der Waals surface area contributed by atoms with Crippen molar-refractivity contribution in [3.63, 3.8) is 0 Å². The molecule has 1 aliphatic carbocycles. The van der Waals surface area contributed by atoms with Crippen LogP contribution in [0.2, 0.25) is 0 Å². The molecule has 0 amide bonds. The highest BCUT2D eigenvalue weighted by Crippen LogP contribution is 2.29. The van der Waals surface area contributed by atoms with E-state index in [0.29, 0.717) is 17.1 Å². The van der Waals surface area contributed by atoms with Crippen molar-refractivity contribution in [2.45, 2.75) is 44.8 Å². The van der Waals surface area contributed by atoms with E-state index in [-0.39, 0.29) is 0 Å². The molecule has 14 heavy (non-hydrogen) atoms. The summed E-state index contributed by atoms with van der Waals surface area (Å²) in [6, 6.07) is 0. The highest BCUT2D eigenvalue weighted by Gasteiger charge is 2.30. The van der Waals surface area contributed by atoms with Gasteiger partial charge in [-0.15, -0.1) is 0 Å². The minimum Gasteiger partial charge on any atom is -0.330 e. The lowest BCUT2D eigenvalue weighted by atomic mass is 10.1. The summed E-state index contributed by atoms with van der Waals surface area (Å²) in [4.78, 5) is 0. The fourth-order valence-corrected chi connectivity index (χ4v) is 4.23. The van der Waals surface area contributed by atoms with Crippen LogP contribution in [0.4, 0.5) is 0 Å². The van der Waals surface area contributed by atoms with Crippen LogP contribution in [-0.2, 0) is 10.8 Å². The van der Waals surface area contributed by atoms with Crippen molar-refractivity contribution < 1.29 is 4.21 Å². The van der Waals surface area contributed by atoms with Crippen molar-refractivity contribution in [2.75, 3.05) is 12.3 Å². The van der Waals surface area contributed by atoms with E-state index in [9.17, 15) is 4.21 Å². The van der Waals surface area contributed by atoms with E-state index >= 15 is 0 Å². The van der Waals surface area contributed by atoms with Crippen molar-refractivity contribution in [2.24, 2.45) is 17.6 Å². The number of hydrogen-bond acceptors (Lipinski definition) is 2. The molecule has 0 aliphatic heterocycles. The minimum absolute atomic E-state index is 0.402. The lowest BCUT2D eigenvalue weighted by Crippen LogP contribution is -2.28. The molecule has 1 aliphatic rings. The van der Waals surface area contributed by atoms with E-state index in [1.165, 1.54) is 12.8 Å². The van der Waals surface area contributed by atoms with Crippen LogP contribution in [0.15, 0.2) is 0 Å². The highest BCUT2D eigenvalue weighted by atomic mass is 32.2. The van der Waals surface area contributed by atoms with Gasteiger partial charge in [0.1, 0.15) is 0 Å². The molecule has 0 aromatic heterocycles. The predicted octanol–water partition coefficient (Wildman–Crippen LogP) is 1.91. The maximum Gasteiger partial charge on any atom is 0.0388 e. The first-order chi connectivity index (χ1) is 6.65. The normalized spacial score (nSPS) is 29.7. The number of rotatable bonds is 5. The summed E-state index contributed by atoms with van der Waals surface area (Å²) in [6.45, 7) is 5.09. The third-order valence-corrected chi connectivity index (χ3v) is 5.06. The Hall–Kier alpha value is 0.110. The standard InChI is InChI=1S/C11H23NOS/c1-9(2)6-7-14(13)11-5-3-4-10(11)8-12/h9-11H,3-8,12H2,1-2H3. The van der Waals surface area contributed by atoms with E-state index in [4.69, 9.17) is 5.73 Å². The van der Waals surface area contributed by atoms with E-state index in [1.54, 1.807) is 0 Å². The van der Waals surface area contributed by atoms with Crippen LogP contribution < -0.4 is 5.73 Å². The first-order valence-corrected chi connectivity index (χ1v) is 7.10. The largest absolute Gasteiger partial charge is 0.330 e. The molecule has 0 aromatic rings. The summed E-state index contributed by atoms with van der Waals surface area (Å²) in [5, 5.41) is 0.402. The monoisotopic (exact) mass is 217 g/mol. The molecule has 0 bridgehead atoms. The van der Waals surface area contributed by atoms with Gasteiger partial charge >= 0.3 is 0 Å². The number of nitrogens with two attached hydrogens (primary N) is 1. The fraction of sp³-hybridized carbons (Fsp3) is 1.00. The van der Waals surface area contributed by atoms with Gasteiger partial charge in [0.15, 0.2) is 0 Å². The Morgan fingerprint density at radius 1 is 1.43 bits per heavy atom. The van der Waals surface area contributed by atoms with E-state index in [0.717, 1.165) is 25.1 Å². The quantitative estimate of drug-likeness (QED) is 0.764. The average Bonchev–Trinajstić information content (AvgIpc) is 2.61. The van der Waals surface area contributed by atoms with Gasteiger partial charge in [-0.1, -0.05) is 20.3 Å². The lowest BCUT2D eigenvalue weighted by Gasteiger charge is -2.17. The van der Waals surface area contributed by atoms with E-state index in [2.05, 4.69) is 13.8 Å². The van der Waals surface area contributed by atoms with Gasteiger partial charge in [0.2, 0.25) is 0 Å². The minimum atomic E-state index is -0.626. The van der Waals surface area contributed by atoms with Gasteiger partial charge in [0.05, 0.1) is 0 Å². The fourth-order valence-electron chi connectivity index (χ4n) is 2.12.